The number of benzene rings is 2. The van der Waals surface area contributed by atoms with Crippen LogP contribution in [0.4, 0.5) is 4.79 Å². The number of carbonyl (C=O) groups excluding carboxylic acids is 2. The van der Waals surface area contributed by atoms with Crippen LogP contribution in [0, 0.1) is 6.92 Å². The highest BCUT2D eigenvalue weighted by Crippen LogP contribution is 2.28. The van der Waals surface area contributed by atoms with Crippen molar-refractivity contribution in [2.75, 3.05) is 13.7 Å². The van der Waals surface area contributed by atoms with Crippen LogP contribution in [0.1, 0.15) is 29.7 Å². The van der Waals surface area contributed by atoms with Gasteiger partial charge in [0.2, 0.25) is 0 Å². The Morgan fingerprint density at radius 2 is 1.82 bits per heavy atom. The van der Waals surface area contributed by atoms with Crippen molar-refractivity contribution < 1.29 is 14.3 Å². The quantitative estimate of drug-likeness (QED) is 0.767. The van der Waals surface area contributed by atoms with Gasteiger partial charge in [0, 0.05) is 18.3 Å². The molecule has 1 heterocycles. The summed E-state index contributed by atoms with van der Waals surface area (Å²) in [6, 6.07) is 14.6. The number of allylic oxidation sites excluding steroid dienone is 1. The van der Waals surface area contributed by atoms with Gasteiger partial charge in [-0.3, -0.25) is 4.79 Å². The van der Waals surface area contributed by atoms with Gasteiger partial charge in [0.15, 0.2) is 5.78 Å². The van der Waals surface area contributed by atoms with Crippen molar-refractivity contribution in [3.8, 4) is 5.75 Å². The number of methoxy groups -OCH3 is 1. The Morgan fingerprint density at radius 1 is 1.14 bits per heavy atom. The van der Waals surface area contributed by atoms with E-state index in [1.54, 1.807) is 25.5 Å². The van der Waals surface area contributed by atoms with Crippen LogP contribution < -0.4 is 10.1 Å². The molecule has 0 radical (unpaired) electrons. The van der Waals surface area contributed by atoms with E-state index in [-0.39, 0.29) is 11.8 Å². The molecule has 0 spiro atoms. The lowest BCUT2D eigenvalue weighted by Crippen LogP contribution is -2.44. The second-order valence-corrected chi connectivity index (χ2v) is 6.63. The van der Waals surface area contributed by atoms with E-state index in [0.717, 1.165) is 16.9 Å². The molecule has 1 aliphatic heterocycles. The Labute approximate surface area is 165 Å². The summed E-state index contributed by atoms with van der Waals surface area (Å²) in [4.78, 5) is 26.8. The second-order valence-electron chi connectivity index (χ2n) is 6.63. The van der Waals surface area contributed by atoms with Crippen molar-refractivity contribution in [3.05, 3.63) is 83.1 Å². The van der Waals surface area contributed by atoms with E-state index in [2.05, 4.69) is 5.32 Å². The van der Waals surface area contributed by atoms with Crippen molar-refractivity contribution in [1.29, 1.82) is 0 Å². The van der Waals surface area contributed by atoms with E-state index >= 15 is 0 Å². The van der Waals surface area contributed by atoms with Crippen LogP contribution >= 0.6 is 0 Å². The third kappa shape index (κ3) is 4.31. The van der Waals surface area contributed by atoms with E-state index in [1.807, 2.05) is 62.4 Å². The lowest BCUT2D eigenvalue weighted by molar-refractivity contribution is -0.111. The van der Waals surface area contributed by atoms with Gasteiger partial charge in [-0.15, -0.1) is 0 Å². The topological polar surface area (TPSA) is 58.6 Å². The van der Waals surface area contributed by atoms with E-state index in [9.17, 15) is 9.59 Å². The van der Waals surface area contributed by atoms with Gasteiger partial charge in [-0.1, -0.05) is 48.0 Å². The van der Waals surface area contributed by atoms with Gasteiger partial charge in [0.1, 0.15) is 5.75 Å². The average molecular weight is 376 g/mol. The summed E-state index contributed by atoms with van der Waals surface area (Å²) in [5, 5.41) is 2.93. The molecule has 1 N–H and O–H groups in total. The van der Waals surface area contributed by atoms with Crippen molar-refractivity contribution >= 4 is 17.9 Å². The largest absolute Gasteiger partial charge is 0.497 e. The Morgan fingerprint density at radius 3 is 2.43 bits per heavy atom. The predicted octanol–water partition coefficient (Wildman–Crippen LogP) is 4.26. The Balaban J connectivity index is 1.90. The van der Waals surface area contributed by atoms with Crippen LogP contribution in [0.2, 0.25) is 0 Å². The van der Waals surface area contributed by atoms with E-state index < -0.39 is 6.04 Å². The molecular formula is C23H24N2O3. The molecule has 2 amide bonds. The molecule has 1 atom stereocenters. The molecule has 0 aromatic heterocycles. The fourth-order valence-corrected chi connectivity index (χ4v) is 3.03. The minimum atomic E-state index is -0.503. The highest BCUT2D eigenvalue weighted by Gasteiger charge is 2.30. The second kappa shape index (κ2) is 8.57. The molecule has 3 rings (SSSR count). The number of ketones is 1. The summed E-state index contributed by atoms with van der Waals surface area (Å²) in [5.74, 6) is 0.581. The molecule has 0 saturated heterocycles. The lowest BCUT2D eigenvalue weighted by Gasteiger charge is -2.31. The van der Waals surface area contributed by atoms with E-state index in [1.165, 1.54) is 10.5 Å². The summed E-state index contributed by atoms with van der Waals surface area (Å²) in [6.07, 6.45) is 4.99. The Kier molecular flexibility index (Phi) is 5.94. The molecule has 0 aliphatic carbocycles. The van der Waals surface area contributed by atoms with Gasteiger partial charge in [0.25, 0.3) is 0 Å². The number of hydrogen-bond donors (Lipinski definition) is 1. The summed E-state index contributed by atoms with van der Waals surface area (Å²) in [5.41, 5.74) is 3.47. The van der Waals surface area contributed by atoms with Gasteiger partial charge in [-0.2, -0.15) is 0 Å². The molecule has 0 unspecified atom stereocenters. The maximum absolute atomic E-state index is 13.0. The molecule has 5 nitrogen and oxygen atoms in total. The number of aryl methyl sites for hydroxylation is 1. The smallest absolute Gasteiger partial charge is 0.322 e. The highest BCUT2D eigenvalue weighted by atomic mass is 16.5. The fraction of sp³-hybridized carbons (Fsp3) is 0.217. The molecule has 2 aromatic rings. The van der Waals surface area contributed by atoms with Crippen LogP contribution in [0.25, 0.3) is 6.08 Å². The van der Waals surface area contributed by atoms with Crippen LogP contribution in [0.3, 0.4) is 0 Å². The molecule has 2 aromatic carbocycles. The molecule has 0 saturated carbocycles. The number of nitrogens with one attached hydrogen (secondary N) is 1. The minimum Gasteiger partial charge on any atom is -0.497 e. The zero-order valence-corrected chi connectivity index (χ0v) is 16.3. The van der Waals surface area contributed by atoms with Crippen LogP contribution in [0.5, 0.6) is 5.75 Å². The number of amides is 2. The van der Waals surface area contributed by atoms with Gasteiger partial charge in [-0.25, -0.2) is 4.79 Å². The average Bonchev–Trinajstić information content (AvgIpc) is 2.73. The van der Waals surface area contributed by atoms with Gasteiger partial charge >= 0.3 is 6.03 Å². The normalized spacial score (nSPS) is 16.7. The first-order valence-electron chi connectivity index (χ1n) is 9.23. The maximum Gasteiger partial charge on any atom is 0.322 e. The molecule has 0 fully saturated rings. The zero-order chi connectivity index (χ0) is 20.1. The molecular weight excluding hydrogens is 352 g/mol. The first-order valence-corrected chi connectivity index (χ1v) is 9.23. The van der Waals surface area contributed by atoms with Crippen LogP contribution in [-0.2, 0) is 4.79 Å². The zero-order valence-electron chi connectivity index (χ0n) is 16.3. The van der Waals surface area contributed by atoms with Gasteiger partial charge in [0.05, 0.1) is 13.2 Å². The first-order chi connectivity index (χ1) is 13.5. The SMILES string of the molecule is CCN1C=C(C(=O)/C=C/c2ccc(C)cc2)[C@H](c2ccc(OC)cc2)NC1=O. The summed E-state index contributed by atoms with van der Waals surface area (Å²) in [7, 11) is 1.60. The van der Waals surface area contributed by atoms with Gasteiger partial charge < -0.3 is 15.0 Å². The monoisotopic (exact) mass is 376 g/mol. The van der Waals surface area contributed by atoms with E-state index in [0.29, 0.717) is 12.1 Å². The van der Waals surface area contributed by atoms with E-state index in [4.69, 9.17) is 4.74 Å². The van der Waals surface area contributed by atoms with Gasteiger partial charge in [-0.05, 0) is 43.2 Å². The summed E-state index contributed by atoms with van der Waals surface area (Å²) < 4.78 is 5.19. The molecule has 1 aliphatic rings. The number of urea groups is 1. The van der Waals surface area contributed by atoms with Crippen molar-refractivity contribution in [3.63, 3.8) is 0 Å². The number of carbonyl (C=O) groups is 2. The fourth-order valence-electron chi connectivity index (χ4n) is 3.03. The number of rotatable bonds is 6. The number of hydrogen-bond acceptors (Lipinski definition) is 3. The maximum atomic E-state index is 13.0. The predicted molar refractivity (Wildman–Crippen MR) is 110 cm³/mol. The summed E-state index contributed by atoms with van der Waals surface area (Å²) >= 11 is 0. The Bertz CT molecular complexity index is 912. The summed E-state index contributed by atoms with van der Waals surface area (Å²) in [6.45, 7) is 4.38. The molecule has 0 bridgehead atoms. The van der Waals surface area contributed by atoms with Crippen LogP contribution in [-0.4, -0.2) is 30.4 Å². The van der Waals surface area contributed by atoms with Crippen molar-refractivity contribution in [2.24, 2.45) is 0 Å². The molecule has 5 heteroatoms. The third-order valence-corrected chi connectivity index (χ3v) is 4.71. The molecule has 144 valence electrons. The first kappa shape index (κ1) is 19.4. The molecule has 28 heavy (non-hydrogen) atoms. The van der Waals surface area contributed by atoms with Crippen molar-refractivity contribution in [1.82, 2.24) is 10.2 Å². The minimum absolute atomic E-state index is 0.139. The number of ether oxygens (including phenoxy) is 1. The van der Waals surface area contributed by atoms with Crippen molar-refractivity contribution in [2.45, 2.75) is 19.9 Å². The highest BCUT2D eigenvalue weighted by molar-refractivity contribution is 6.08. The standard InChI is InChI=1S/C23H24N2O3/c1-4-25-15-20(21(26)14-9-17-7-5-16(2)6-8-17)22(24-23(25)27)18-10-12-19(28-3)13-11-18/h5-15,22H,4H2,1-3H3,(H,24,27)/b14-9+/t22-/m0/s1. The number of nitrogens with zero attached hydrogens (tertiary/aromatic N) is 1. The Hall–Kier alpha value is -3.34. The lowest BCUT2D eigenvalue weighted by atomic mass is 9.94. The van der Waals surface area contributed by atoms with Crippen LogP contribution in [0.15, 0.2) is 66.4 Å². The third-order valence-electron chi connectivity index (χ3n) is 4.71.